The van der Waals surface area contributed by atoms with Gasteiger partial charge in [-0.3, -0.25) is 0 Å². The summed E-state index contributed by atoms with van der Waals surface area (Å²) in [4.78, 5) is -0.396. The minimum absolute atomic E-state index is 0.00974. The highest BCUT2D eigenvalue weighted by Crippen LogP contribution is 2.26. The maximum Gasteiger partial charge on any atom is 0.216 e. The number of hydrogen-bond acceptors (Lipinski definition) is 4. The van der Waals surface area contributed by atoms with Crippen LogP contribution in [0.2, 0.25) is 15.1 Å². The van der Waals surface area contributed by atoms with Crippen LogP contribution in [-0.2, 0) is 16.4 Å². The third kappa shape index (κ3) is 5.35. The molecular weight excluding hydrogens is 465 g/mol. The molecule has 0 fully saturated rings. The molecule has 0 saturated carbocycles. The van der Waals surface area contributed by atoms with E-state index in [4.69, 9.17) is 39.5 Å². The number of sulfone groups is 1. The van der Waals surface area contributed by atoms with Crippen molar-refractivity contribution in [3.8, 4) is 11.8 Å². The number of allylic oxidation sites excluding steroid dienone is 1. The summed E-state index contributed by atoms with van der Waals surface area (Å²) in [5.41, 5.74) is 1.26. The van der Waals surface area contributed by atoms with E-state index < -0.39 is 9.84 Å². The van der Waals surface area contributed by atoms with E-state index in [1.165, 1.54) is 30.3 Å². The van der Waals surface area contributed by atoms with Crippen LogP contribution in [-0.4, -0.2) is 8.42 Å². The molecule has 30 heavy (non-hydrogen) atoms. The topological polar surface area (TPSA) is 67.2 Å². The Bertz CT molecular complexity index is 1250. The fourth-order valence-corrected chi connectivity index (χ4v) is 4.30. The van der Waals surface area contributed by atoms with Crippen LogP contribution in [0.15, 0.2) is 76.5 Å². The van der Waals surface area contributed by atoms with Crippen molar-refractivity contribution in [1.82, 2.24) is 0 Å². The molecule has 3 rings (SSSR count). The lowest BCUT2D eigenvalue weighted by atomic mass is 10.2. The zero-order valence-corrected chi connectivity index (χ0v) is 18.4. The Morgan fingerprint density at radius 3 is 2.33 bits per heavy atom. The van der Waals surface area contributed by atoms with Crippen molar-refractivity contribution < 1.29 is 13.2 Å². The van der Waals surface area contributed by atoms with Gasteiger partial charge in [-0.05, 0) is 60.2 Å². The van der Waals surface area contributed by atoms with E-state index >= 15 is 0 Å². The molecular formula is C22H14Cl3NO3S. The van der Waals surface area contributed by atoms with E-state index in [9.17, 15) is 13.7 Å². The maximum absolute atomic E-state index is 12.7. The third-order valence-corrected chi connectivity index (χ3v) is 6.61. The molecule has 0 bridgehead atoms. The van der Waals surface area contributed by atoms with Gasteiger partial charge in [0.05, 0.1) is 4.90 Å². The van der Waals surface area contributed by atoms with Gasteiger partial charge in [0.2, 0.25) is 9.84 Å². The molecule has 0 saturated heterocycles. The lowest BCUT2D eigenvalue weighted by Gasteiger charge is -2.09. The predicted molar refractivity (Wildman–Crippen MR) is 119 cm³/mol. The first-order chi connectivity index (χ1) is 14.3. The van der Waals surface area contributed by atoms with Crippen molar-refractivity contribution in [3.05, 3.63) is 97.8 Å². The van der Waals surface area contributed by atoms with Crippen LogP contribution >= 0.6 is 34.8 Å². The van der Waals surface area contributed by atoms with Crippen molar-refractivity contribution >= 4 is 50.7 Å². The summed E-state index contributed by atoms with van der Waals surface area (Å²) in [7, 11) is -3.97. The second-order valence-electron chi connectivity index (χ2n) is 6.17. The lowest BCUT2D eigenvalue weighted by molar-refractivity contribution is 0.306. The minimum atomic E-state index is -3.97. The molecule has 8 heteroatoms. The van der Waals surface area contributed by atoms with Crippen molar-refractivity contribution in [1.29, 1.82) is 5.26 Å². The number of rotatable bonds is 6. The van der Waals surface area contributed by atoms with Crippen LogP contribution in [0, 0.1) is 11.3 Å². The molecule has 0 aromatic heterocycles. The minimum Gasteiger partial charge on any atom is -0.489 e. The molecule has 4 nitrogen and oxygen atoms in total. The normalized spacial score (nSPS) is 11.7. The largest absolute Gasteiger partial charge is 0.489 e. The summed E-state index contributed by atoms with van der Waals surface area (Å²) in [5.74, 6) is 0.496. The predicted octanol–water partition coefficient (Wildman–Crippen LogP) is 6.56. The molecule has 3 aromatic rings. The zero-order chi connectivity index (χ0) is 21.7. The van der Waals surface area contributed by atoms with Gasteiger partial charge in [0, 0.05) is 20.6 Å². The average Bonchev–Trinajstić information content (AvgIpc) is 2.72. The summed E-state index contributed by atoms with van der Waals surface area (Å²) in [5, 5.41) is 10.9. The first-order valence-electron chi connectivity index (χ1n) is 8.59. The Kier molecular flexibility index (Phi) is 7.06. The molecule has 0 aliphatic rings. The second kappa shape index (κ2) is 9.55. The molecule has 0 amide bonds. The Morgan fingerprint density at radius 1 is 0.967 bits per heavy atom. The highest BCUT2D eigenvalue weighted by atomic mass is 35.5. The molecule has 0 atom stereocenters. The summed E-state index contributed by atoms with van der Waals surface area (Å²) >= 11 is 17.9. The molecule has 0 spiro atoms. The summed E-state index contributed by atoms with van der Waals surface area (Å²) in [6.07, 6.45) is 1.30. The standard InChI is InChI=1S/C22H14Cl3NO3S/c23-17-6-8-20(9-7-17)30(27,28)21(13-26)11-15-2-1-3-19(10-15)29-14-16-4-5-18(24)12-22(16)25/h1-12H,14H2/b21-11+. The van der Waals surface area contributed by atoms with Gasteiger partial charge in [0.15, 0.2) is 0 Å². The van der Waals surface area contributed by atoms with Crippen molar-refractivity contribution in [2.24, 2.45) is 0 Å². The molecule has 0 aliphatic heterocycles. The van der Waals surface area contributed by atoms with Crippen molar-refractivity contribution in [2.45, 2.75) is 11.5 Å². The van der Waals surface area contributed by atoms with Crippen LogP contribution in [0.4, 0.5) is 0 Å². The number of ether oxygens (including phenoxy) is 1. The highest BCUT2D eigenvalue weighted by Gasteiger charge is 2.20. The van der Waals surface area contributed by atoms with E-state index in [-0.39, 0.29) is 16.4 Å². The Labute approximate surface area is 189 Å². The molecule has 0 N–H and O–H groups in total. The van der Waals surface area contributed by atoms with Gasteiger partial charge in [-0.2, -0.15) is 5.26 Å². The smallest absolute Gasteiger partial charge is 0.216 e. The molecule has 152 valence electrons. The number of hydrogen-bond donors (Lipinski definition) is 0. The summed E-state index contributed by atoms with van der Waals surface area (Å²) in [6.45, 7) is 0.206. The Balaban J connectivity index is 1.84. The molecule has 0 radical (unpaired) electrons. The number of nitrogens with zero attached hydrogens (tertiary/aromatic N) is 1. The van der Waals surface area contributed by atoms with Gasteiger partial charge in [-0.1, -0.05) is 53.0 Å². The highest BCUT2D eigenvalue weighted by molar-refractivity contribution is 7.95. The quantitative estimate of drug-likeness (QED) is 0.376. The number of nitriles is 1. The van der Waals surface area contributed by atoms with Gasteiger partial charge < -0.3 is 4.74 Å². The first-order valence-corrected chi connectivity index (χ1v) is 11.2. The maximum atomic E-state index is 12.7. The van der Waals surface area contributed by atoms with Crippen LogP contribution in [0.5, 0.6) is 5.75 Å². The third-order valence-electron chi connectivity index (χ3n) is 4.09. The van der Waals surface area contributed by atoms with Crippen LogP contribution in [0.1, 0.15) is 11.1 Å². The summed E-state index contributed by atoms with van der Waals surface area (Å²) < 4.78 is 31.2. The van der Waals surface area contributed by atoms with E-state index in [1.54, 1.807) is 48.5 Å². The summed E-state index contributed by atoms with van der Waals surface area (Å²) in [6, 6.07) is 19.2. The van der Waals surface area contributed by atoms with Gasteiger partial charge in [-0.15, -0.1) is 0 Å². The second-order valence-corrected chi connectivity index (χ2v) is 9.37. The number of benzene rings is 3. The number of halogens is 3. The van der Waals surface area contributed by atoms with Gasteiger partial charge in [0.1, 0.15) is 23.3 Å². The molecule has 3 aromatic carbocycles. The van der Waals surface area contributed by atoms with Crippen LogP contribution < -0.4 is 4.74 Å². The van der Waals surface area contributed by atoms with Gasteiger partial charge in [-0.25, -0.2) is 8.42 Å². The van der Waals surface area contributed by atoms with Gasteiger partial charge in [0.25, 0.3) is 0 Å². The van der Waals surface area contributed by atoms with Crippen LogP contribution in [0.25, 0.3) is 6.08 Å². The fraction of sp³-hybridized carbons (Fsp3) is 0.0455. The van der Waals surface area contributed by atoms with Gasteiger partial charge >= 0.3 is 0 Å². The SMILES string of the molecule is N#C/C(=C\c1cccc(OCc2ccc(Cl)cc2Cl)c1)S(=O)(=O)c1ccc(Cl)cc1. The molecule has 0 unspecified atom stereocenters. The van der Waals surface area contributed by atoms with Crippen LogP contribution in [0.3, 0.4) is 0 Å². The van der Waals surface area contributed by atoms with Crippen molar-refractivity contribution in [2.75, 3.05) is 0 Å². The monoisotopic (exact) mass is 477 g/mol. The Hall–Kier alpha value is -2.49. The fourth-order valence-electron chi connectivity index (χ4n) is 2.56. The van der Waals surface area contributed by atoms with E-state index in [0.717, 1.165) is 5.56 Å². The lowest BCUT2D eigenvalue weighted by Crippen LogP contribution is -2.03. The first kappa shape index (κ1) is 22.2. The average molecular weight is 479 g/mol. The molecule has 0 heterocycles. The van der Waals surface area contributed by atoms with E-state index in [0.29, 0.717) is 26.4 Å². The zero-order valence-electron chi connectivity index (χ0n) is 15.3. The van der Waals surface area contributed by atoms with Crippen molar-refractivity contribution in [3.63, 3.8) is 0 Å². The molecule has 0 aliphatic carbocycles. The Morgan fingerprint density at radius 2 is 1.67 bits per heavy atom. The van der Waals surface area contributed by atoms with E-state index in [1.807, 2.05) is 0 Å². The van der Waals surface area contributed by atoms with E-state index in [2.05, 4.69) is 0 Å².